The van der Waals surface area contributed by atoms with Crippen LogP contribution in [0.2, 0.25) is 0 Å². The van der Waals surface area contributed by atoms with E-state index < -0.39 is 0 Å². The minimum Gasteiger partial charge on any atom is -0.396 e. The van der Waals surface area contributed by atoms with Crippen molar-refractivity contribution in [2.24, 2.45) is 5.41 Å². The Labute approximate surface area is 80.4 Å². The van der Waals surface area contributed by atoms with Crippen molar-refractivity contribution in [1.29, 1.82) is 0 Å². The maximum absolute atomic E-state index is 9.07. The molecule has 0 aliphatic carbocycles. The zero-order chi connectivity index (χ0) is 9.73. The highest BCUT2D eigenvalue weighted by molar-refractivity contribution is 5.14. The molecule has 0 saturated heterocycles. The van der Waals surface area contributed by atoms with Gasteiger partial charge in [0.25, 0.3) is 0 Å². The van der Waals surface area contributed by atoms with E-state index >= 15 is 0 Å². The topological polar surface area (TPSA) is 20.2 Å². The predicted molar refractivity (Wildman–Crippen MR) is 55.6 cm³/mol. The van der Waals surface area contributed by atoms with Gasteiger partial charge in [-0.15, -0.1) is 0 Å². The molecule has 13 heavy (non-hydrogen) atoms. The number of hydrogen-bond acceptors (Lipinski definition) is 1. The van der Waals surface area contributed by atoms with Gasteiger partial charge in [0.2, 0.25) is 0 Å². The van der Waals surface area contributed by atoms with Gasteiger partial charge in [0.05, 0.1) is 0 Å². The molecule has 0 bridgehead atoms. The van der Waals surface area contributed by atoms with E-state index in [9.17, 15) is 0 Å². The van der Waals surface area contributed by atoms with Crippen LogP contribution in [0.25, 0.3) is 0 Å². The molecule has 0 atom stereocenters. The molecule has 0 amide bonds. The van der Waals surface area contributed by atoms with Crippen LogP contribution in [0.4, 0.5) is 0 Å². The van der Waals surface area contributed by atoms with Crippen molar-refractivity contribution in [2.45, 2.75) is 26.7 Å². The van der Waals surface area contributed by atoms with Crippen molar-refractivity contribution in [3.05, 3.63) is 35.9 Å². The SMILES string of the molecule is CC(C)(CO)CCc1ccccc1. The maximum atomic E-state index is 9.07. The van der Waals surface area contributed by atoms with Crippen LogP contribution in [-0.4, -0.2) is 11.7 Å². The van der Waals surface area contributed by atoms with Crippen LogP contribution < -0.4 is 0 Å². The second-order valence-corrected chi connectivity index (χ2v) is 4.31. The van der Waals surface area contributed by atoms with Crippen molar-refractivity contribution in [3.8, 4) is 0 Å². The fourth-order valence-corrected chi connectivity index (χ4v) is 1.21. The minimum absolute atomic E-state index is 0.0514. The van der Waals surface area contributed by atoms with Gasteiger partial charge in [-0.25, -0.2) is 0 Å². The van der Waals surface area contributed by atoms with Crippen molar-refractivity contribution >= 4 is 0 Å². The molecule has 1 N–H and O–H groups in total. The second-order valence-electron chi connectivity index (χ2n) is 4.31. The van der Waals surface area contributed by atoms with Gasteiger partial charge in [0.15, 0.2) is 0 Å². The quantitative estimate of drug-likeness (QED) is 0.751. The number of aryl methyl sites for hydroxylation is 1. The van der Waals surface area contributed by atoms with Crippen LogP contribution in [0, 0.1) is 5.41 Å². The molecule has 1 rings (SSSR count). The van der Waals surface area contributed by atoms with Crippen LogP contribution in [0.15, 0.2) is 30.3 Å². The van der Waals surface area contributed by atoms with Gasteiger partial charge in [-0.1, -0.05) is 44.2 Å². The first-order valence-corrected chi connectivity index (χ1v) is 4.79. The predicted octanol–water partition coefficient (Wildman–Crippen LogP) is 2.64. The van der Waals surface area contributed by atoms with E-state index in [1.165, 1.54) is 5.56 Å². The summed E-state index contributed by atoms with van der Waals surface area (Å²) in [6.07, 6.45) is 2.09. The molecule has 0 unspecified atom stereocenters. The Balaban J connectivity index is 2.44. The smallest absolute Gasteiger partial charge is 0.0482 e. The average Bonchev–Trinajstić information content (AvgIpc) is 2.17. The second kappa shape index (κ2) is 4.43. The van der Waals surface area contributed by atoms with Crippen LogP contribution in [0.1, 0.15) is 25.8 Å². The summed E-state index contributed by atoms with van der Waals surface area (Å²) in [4.78, 5) is 0. The van der Waals surface area contributed by atoms with Crippen LogP contribution in [0.5, 0.6) is 0 Å². The highest BCUT2D eigenvalue weighted by atomic mass is 16.3. The lowest BCUT2D eigenvalue weighted by molar-refractivity contribution is 0.151. The third kappa shape index (κ3) is 3.60. The molecule has 0 radical (unpaired) electrons. The van der Waals surface area contributed by atoms with Gasteiger partial charge < -0.3 is 5.11 Å². The molecule has 1 nitrogen and oxygen atoms in total. The van der Waals surface area contributed by atoms with Crippen molar-refractivity contribution in [3.63, 3.8) is 0 Å². The summed E-state index contributed by atoms with van der Waals surface area (Å²) >= 11 is 0. The number of hydrogen-bond donors (Lipinski definition) is 1. The molecule has 0 fully saturated rings. The molecular formula is C12H18O. The van der Waals surface area contributed by atoms with Crippen LogP contribution in [-0.2, 0) is 6.42 Å². The van der Waals surface area contributed by atoms with E-state index in [1.54, 1.807) is 0 Å². The fourth-order valence-electron chi connectivity index (χ4n) is 1.21. The van der Waals surface area contributed by atoms with Gasteiger partial charge in [-0.05, 0) is 23.8 Å². The lowest BCUT2D eigenvalue weighted by atomic mass is 9.87. The molecule has 0 spiro atoms. The Kier molecular flexibility index (Phi) is 3.49. The first kappa shape index (κ1) is 10.3. The van der Waals surface area contributed by atoms with Gasteiger partial charge in [0.1, 0.15) is 0 Å². The van der Waals surface area contributed by atoms with E-state index in [1.807, 2.05) is 6.07 Å². The highest BCUT2D eigenvalue weighted by Gasteiger charge is 2.15. The molecule has 0 aliphatic rings. The molecule has 0 aromatic heterocycles. The van der Waals surface area contributed by atoms with Crippen molar-refractivity contribution in [2.75, 3.05) is 6.61 Å². The Morgan fingerprint density at radius 1 is 1.15 bits per heavy atom. The fraction of sp³-hybridized carbons (Fsp3) is 0.500. The summed E-state index contributed by atoms with van der Waals surface area (Å²) in [7, 11) is 0. The standard InChI is InChI=1S/C12H18O/c1-12(2,10-13)9-8-11-6-4-3-5-7-11/h3-7,13H,8-10H2,1-2H3. The molecule has 0 saturated carbocycles. The third-order valence-corrected chi connectivity index (χ3v) is 2.36. The van der Waals surface area contributed by atoms with Gasteiger partial charge in [-0.2, -0.15) is 0 Å². The normalized spacial score (nSPS) is 11.6. The molecule has 1 aromatic carbocycles. The third-order valence-electron chi connectivity index (χ3n) is 2.36. The van der Waals surface area contributed by atoms with Crippen LogP contribution in [0.3, 0.4) is 0 Å². The van der Waals surface area contributed by atoms with E-state index in [2.05, 4.69) is 38.1 Å². The Morgan fingerprint density at radius 2 is 1.77 bits per heavy atom. The van der Waals surface area contributed by atoms with Gasteiger partial charge in [-0.3, -0.25) is 0 Å². The lowest BCUT2D eigenvalue weighted by Crippen LogP contribution is -2.17. The summed E-state index contributed by atoms with van der Waals surface area (Å²) in [6.45, 7) is 4.45. The summed E-state index contributed by atoms with van der Waals surface area (Å²) < 4.78 is 0. The number of aliphatic hydroxyl groups excluding tert-OH is 1. The Bertz CT molecular complexity index is 239. The highest BCUT2D eigenvalue weighted by Crippen LogP contribution is 2.21. The van der Waals surface area contributed by atoms with E-state index in [-0.39, 0.29) is 12.0 Å². The van der Waals surface area contributed by atoms with E-state index in [4.69, 9.17) is 5.11 Å². The monoisotopic (exact) mass is 178 g/mol. The van der Waals surface area contributed by atoms with Crippen molar-refractivity contribution < 1.29 is 5.11 Å². The number of rotatable bonds is 4. The Morgan fingerprint density at radius 3 is 2.31 bits per heavy atom. The summed E-state index contributed by atoms with van der Waals surface area (Å²) in [5, 5.41) is 9.07. The summed E-state index contributed by atoms with van der Waals surface area (Å²) in [5.74, 6) is 0. The van der Waals surface area contributed by atoms with Crippen molar-refractivity contribution in [1.82, 2.24) is 0 Å². The molecular weight excluding hydrogens is 160 g/mol. The van der Waals surface area contributed by atoms with E-state index in [0.717, 1.165) is 12.8 Å². The Hall–Kier alpha value is -0.820. The first-order valence-electron chi connectivity index (χ1n) is 4.79. The average molecular weight is 178 g/mol. The molecule has 0 aliphatic heterocycles. The number of aliphatic hydroxyl groups is 1. The molecule has 1 heteroatoms. The minimum atomic E-state index is 0.0514. The first-order chi connectivity index (χ1) is 6.14. The van der Waals surface area contributed by atoms with Crippen LogP contribution >= 0.6 is 0 Å². The van der Waals surface area contributed by atoms with Gasteiger partial charge in [0, 0.05) is 6.61 Å². The summed E-state index contributed by atoms with van der Waals surface area (Å²) in [6, 6.07) is 10.4. The molecule has 0 heterocycles. The molecule has 1 aromatic rings. The maximum Gasteiger partial charge on any atom is 0.0482 e. The zero-order valence-electron chi connectivity index (χ0n) is 8.46. The summed E-state index contributed by atoms with van der Waals surface area (Å²) in [5.41, 5.74) is 1.40. The van der Waals surface area contributed by atoms with Gasteiger partial charge >= 0.3 is 0 Å². The largest absolute Gasteiger partial charge is 0.396 e. The molecule has 72 valence electrons. The van der Waals surface area contributed by atoms with E-state index in [0.29, 0.717) is 0 Å². The lowest BCUT2D eigenvalue weighted by Gasteiger charge is -2.21. The zero-order valence-corrected chi connectivity index (χ0v) is 8.46. The number of benzene rings is 1.